The van der Waals surface area contributed by atoms with Crippen LogP contribution >= 0.6 is 0 Å². The highest BCUT2D eigenvalue weighted by atomic mass is 16.5. The van der Waals surface area contributed by atoms with Crippen molar-refractivity contribution < 1.29 is 14.3 Å². The van der Waals surface area contributed by atoms with Crippen LogP contribution in [0.3, 0.4) is 0 Å². The van der Waals surface area contributed by atoms with Crippen LogP contribution in [-0.2, 0) is 20.9 Å². The van der Waals surface area contributed by atoms with Crippen LogP contribution in [0, 0.1) is 6.92 Å². The largest absolute Gasteiger partial charge is 0.367 e. The molecule has 2 amide bonds. The molecule has 0 bridgehead atoms. The lowest BCUT2D eigenvalue weighted by Crippen LogP contribution is -2.19. The van der Waals surface area contributed by atoms with Gasteiger partial charge >= 0.3 is 0 Å². The number of carbonyl (C=O) groups is 2. The van der Waals surface area contributed by atoms with Gasteiger partial charge in [-0.25, -0.2) is 0 Å². The van der Waals surface area contributed by atoms with E-state index in [2.05, 4.69) is 10.6 Å². The van der Waals surface area contributed by atoms with E-state index in [0.717, 1.165) is 11.1 Å². The molecule has 0 heterocycles. The normalized spacial score (nSPS) is 10.2. The average molecular weight is 312 g/mol. The van der Waals surface area contributed by atoms with Gasteiger partial charge in [0.05, 0.1) is 6.61 Å². The molecule has 0 aliphatic carbocycles. The Kier molecular flexibility index (Phi) is 5.88. The molecule has 0 fully saturated rings. The number of ether oxygens (including phenoxy) is 1. The average Bonchev–Trinajstić information content (AvgIpc) is 2.52. The number of hydrogen-bond acceptors (Lipinski definition) is 3. The second kappa shape index (κ2) is 8.10. The number of amides is 2. The van der Waals surface area contributed by atoms with Crippen molar-refractivity contribution in [3.63, 3.8) is 0 Å². The molecule has 0 unspecified atom stereocenters. The third kappa shape index (κ3) is 5.23. The summed E-state index contributed by atoms with van der Waals surface area (Å²) in [5.74, 6) is -0.383. The molecule has 0 radical (unpaired) electrons. The molecule has 0 aromatic heterocycles. The Morgan fingerprint density at radius 2 is 1.61 bits per heavy atom. The fourth-order valence-corrected chi connectivity index (χ4v) is 2.12. The maximum atomic E-state index is 12.0. The van der Waals surface area contributed by atoms with Gasteiger partial charge in [0.1, 0.15) is 6.61 Å². The Labute approximate surface area is 135 Å². The molecular weight excluding hydrogens is 292 g/mol. The molecule has 5 nitrogen and oxygen atoms in total. The molecule has 2 aromatic carbocycles. The van der Waals surface area contributed by atoms with Gasteiger partial charge < -0.3 is 15.4 Å². The van der Waals surface area contributed by atoms with Crippen LogP contribution in [0.4, 0.5) is 11.4 Å². The summed E-state index contributed by atoms with van der Waals surface area (Å²) in [6, 6.07) is 15.0. The molecule has 0 saturated carbocycles. The summed E-state index contributed by atoms with van der Waals surface area (Å²) < 4.78 is 5.41. The van der Waals surface area contributed by atoms with Gasteiger partial charge in [0, 0.05) is 18.3 Å². The lowest BCUT2D eigenvalue weighted by atomic mass is 10.1. The second-order valence-electron chi connectivity index (χ2n) is 5.19. The summed E-state index contributed by atoms with van der Waals surface area (Å²) in [7, 11) is 0. The molecule has 0 saturated heterocycles. The lowest BCUT2D eigenvalue weighted by Gasteiger charge is -2.13. The quantitative estimate of drug-likeness (QED) is 0.861. The minimum atomic E-state index is -0.232. The van der Waals surface area contributed by atoms with E-state index in [1.807, 2.05) is 37.3 Å². The van der Waals surface area contributed by atoms with Crippen LogP contribution in [0.15, 0.2) is 48.5 Å². The number of benzene rings is 2. The Balaban J connectivity index is 1.89. The van der Waals surface area contributed by atoms with Gasteiger partial charge in [-0.3, -0.25) is 9.59 Å². The Hall–Kier alpha value is -2.66. The zero-order valence-electron chi connectivity index (χ0n) is 13.3. The molecule has 2 aromatic rings. The monoisotopic (exact) mass is 312 g/mol. The van der Waals surface area contributed by atoms with E-state index < -0.39 is 0 Å². The summed E-state index contributed by atoms with van der Waals surface area (Å²) in [4.78, 5) is 23.1. The first-order chi connectivity index (χ1) is 11.1. The van der Waals surface area contributed by atoms with Gasteiger partial charge in [-0.2, -0.15) is 0 Å². The predicted octanol–water partition coefficient (Wildman–Crippen LogP) is 3.11. The lowest BCUT2D eigenvalue weighted by molar-refractivity contribution is -0.121. The number of rotatable bonds is 6. The molecule has 5 heteroatoms. The van der Waals surface area contributed by atoms with Gasteiger partial charge in [-0.05, 0) is 30.2 Å². The van der Waals surface area contributed by atoms with Crippen molar-refractivity contribution in [2.24, 2.45) is 0 Å². The fourth-order valence-electron chi connectivity index (χ4n) is 2.12. The summed E-state index contributed by atoms with van der Waals surface area (Å²) >= 11 is 0. The van der Waals surface area contributed by atoms with E-state index in [9.17, 15) is 9.59 Å². The highest BCUT2D eigenvalue weighted by molar-refractivity contribution is 5.95. The molecular formula is C18H20N2O3. The molecule has 2 rings (SSSR count). The molecule has 2 N–H and O–H groups in total. The van der Waals surface area contributed by atoms with E-state index in [4.69, 9.17) is 4.74 Å². The molecule has 0 aliphatic heterocycles. The van der Waals surface area contributed by atoms with Crippen molar-refractivity contribution in [1.29, 1.82) is 0 Å². The highest BCUT2D eigenvalue weighted by Gasteiger charge is 2.08. The summed E-state index contributed by atoms with van der Waals surface area (Å²) in [5.41, 5.74) is 3.16. The Morgan fingerprint density at radius 3 is 2.26 bits per heavy atom. The first-order valence-electron chi connectivity index (χ1n) is 7.35. The van der Waals surface area contributed by atoms with E-state index in [0.29, 0.717) is 18.0 Å². The summed E-state index contributed by atoms with van der Waals surface area (Å²) in [6.07, 6.45) is 0. The van der Waals surface area contributed by atoms with E-state index in [1.165, 1.54) is 6.92 Å². The number of carbonyl (C=O) groups excluding carboxylic acids is 2. The fraction of sp³-hybridized carbons (Fsp3) is 0.222. The SMILES string of the molecule is CC(=O)Nc1cccc(NC(=O)COCc2ccccc2)c1C. The minimum Gasteiger partial charge on any atom is -0.367 e. The van der Waals surface area contributed by atoms with Gasteiger partial charge in [-0.1, -0.05) is 36.4 Å². The van der Waals surface area contributed by atoms with Crippen molar-refractivity contribution in [3.05, 3.63) is 59.7 Å². The molecule has 0 aliphatic rings. The van der Waals surface area contributed by atoms with Gasteiger partial charge in [0.15, 0.2) is 0 Å². The van der Waals surface area contributed by atoms with E-state index in [1.54, 1.807) is 18.2 Å². The van der Waals surface area contributed by atoms with Crippen molar-refractivity contribution in [2.45, 2.75) is 20.5 Å². The molecule has 0 spiro atoms. The zero-order valence-corrected chi connectivity index (χ0v) is 13.3. The number of anilines is 2. The van der Waals surface area contributed by atoms with E-state index >= 15 is 0 Å². The highest BCUT2D eigenvalue weighted by Crippen LogP contribution is 2.23. The topological polar surface area (TPSA) is 67.4 Å². The standard InChI is InChI=1S/C18H20N2O3/c1-13-16(19-14(2)21)9-6-10-17(13)20-18(22)12-23-11-15-7-4-3-5-8-15/h3-10H,11-12H2,1-2H3,(H,19,21)(H,20,22). The van der Waals surface area contributed by atoms with Crippen molar-refractivity contribution >= 4 is 23.2 Å². The van der Waals surface area contributed by atoms with Gasteiger partial charge in [-0.15, -0.1) is 0 Å². The molecule has 0 atom stereocenters. The third-order valence-corrected chi connectivity index (χ3v) is 3.26. The Bertz CT molecular complexity index is 684. The summed E-state index contributed by atoms with van der Waals surface area (Å²) in [5, 5.41) is 5.52. The van der Waals surface area contributed by atoms with Crippen molar-refractivity contribution in [1.82, 2.24) is 0 Å². The van der Waals surface area contributed by atoms with Crippen molar-refractivity contribution in [3.8, 4) is 0 Å². The maximum Gasteiger partial charge on any atom is 0.250 e. The third-order valence-electron chi connectivity index (χ3n) is 3.26. The van der Waals surface area contributed by atoms with Crippen LogP contribution in [0.1, 0.15) is 18.1 Å². The van der Waals surface area contributed by atoms with Crippen LogP contribution in [0.5, 0.6) is 0 Å². The van der Waals surface area contributed by atoms with Crippen LogP contribution in [0.2, 0.25) is 0 Å². The van der Waals surface area contributed by atoms with E-state index in [-0.39, 0.29) is 18.4 Å². The summed E-state index contributed by atoms with van der Waals surface area (Å²) in [6.45, 7) is 3.64. The number of nitrogens with one attached hydrogen (secondary N) is 2. The second-order valence-corrected chi connectivity index (χ2v) is 5.19. The smallest absolute Gasteiger partial charge is 0.250 e. The molecule has 23 heavy (non-hydrogen) atoms. The van der Waals surface area contributed by atoms with Gasteiger partial charge in [0.25, 0.3) is 0 Å². The first-order valence-corrected chi connectivity index (χ1v) is 7.35. The Morgan fingerprint density at radius 1 is 0.957 bits per heavy atom. The number of hydrogen-bond donors (Lipinski definition) is 2. The van der Waals surface area contributed by atoms with Crippen molar-refractivity contribution in [2.75, 3.05) is 17.2 Å². The first kappa shape index (κ1) is 16.7. The minimum absolute atomic E-state index is 0.0291. The van der Waals surface area contributed by atoms with Crippen LogP contribution < -0.4 is 10.6 Å². The van der Waals surface area contributed by atoms with Gasteiger partial charge in [0.2, 0.25) is 11.8 Å². The maximum absolute atomic E-state index is 12.0. The predicted molar refractivity (Wildman–Crippen MR) is 90.2 cm³/mol. The van der Waals surface area contributed by atoms with Crippen LogP contribution in [-0.4, -0.2) is 18.4 Å². The van der Waals surface area contributed by atoms with Crippen LogP contribution in [0.25, 0.3) is 0 Å². The zero-order chi connectivity index (χ0) is 16.7. The molecule has 120 valence electrons.